The van der Waals surface area contributed by atoms with Crippen LogP contribution < -0.4 is 0 Å². The number of hydrogen-bond acceptors (Lipinski definition) is 6. The molecule has 3 rings (SSSR count). The Labute approximate surface area is 107 Å². The van der Waals surface area contributed by atoms with E-state index in [1.807, 2.05) is 24.3 Å². The summed E-state index contributed by atoms with van der Waals surface area (Å²) in [5, 5.41) is 13.3. The highest BCUT2D eigenvalue weighted by atomic mass is 32.1. The van der Waals surface area contributed by atoms with Crippen molar-refractivity contribution in [1.82, 2.24) is 19.8 Å². The van der Waals surface area contributed by atoms with Gasteiger partial charge in [-0.15, -0.1) is 10.2 Å². The molecule has 0 aliphatic rings. The highest BCUT2D eigenvalue weighted by Gasteiger charge is 2.09. The van der Waals surface area contributed by atoms with Crippen LogP contribution in [0.1, 0.15) is 16.6 Å². The number of nitrogens with zero attached hydrogens (tertiary/aromatic N) is 4. The molecule has 0 saturated heterocycles. The summed E-state index contributed by atoms with van der Waals surface area (Å²) in [5.41, 5.74) is 0. The number of ether oxygens (including phenoxy) is 1. The first-order valence-corrected chi connectivity index (χ1v) is 6.10. The molecule has 6 nitrogen and oxygen atoms in total. The highest BCUT2D eigenvalue weighted by molar-refractivity contribution is 7.17. The van der Waals surface area contributed by atoms with E-state index in [0.717, 1.165) is 15.7 Å². The number of rotatable bonds is 4. The summed E-state index contributed by atoms with van der Waals surface area (Å²) in [6, 6.07) is 3.72. The maximum absolute atomic E-state index is 5.21. The SMILES string of the molecule is COCc1nnc2sc(C=Cc3ccco3)nn12. The summed E-state index contributed by atoms with van der Waals surface area (Å²) in [7, 11) is 1.62. The Kier molecular flexibility index (Phi) is 2.91. The predicted molar refractivity (Wildman–Crippen MR) is 67.0 cm³/mol. The molecule has 0 radical (unpaired) electrons. The van der Waals surface area contributed by atoms with Crippen LogP contribution in [0.3, 0.4) is 0 Å². The second-order valence-electron chi connectivity index (χ2n) is 3.53. The zero-order chi connectivity index (χ0) is 12.4. The van der Waals surface area contributed by atoms with Crippen LogP contribution in [0.15, 0.2) is 22.8 Å². The topological polar surface area (TPSA) is 65.5 Å². The van der Waals surface area contributed by atoms with Crippen molar-refractivity contribution in [1.29, 1.82) is 0 Å². The molecule has 3 heterocycles. The molecule has 18 heavy (non-hydrogen) atoms. The molecule has 0 amide bonds. The first-order chi connectivity index (χ1) is 8.86. The van der Waals surface area contributed by atoms with Crippen LogP contribution in [0.5, 0.6) is 0 Å². The van der Waals surface area contributed by atoms with E-state index in [2.05, 4.69) is 15.3 Å². The quantitative estimate of drug-likeness (QED) is 0.720. The summed E-state index contributed by atoms with van der Waals surface area (Å²) < 4.78 is 11.9. The smallest absolute Gasteiger partial charge is 0.235 e. The lowest BCUT2D eigenvalue weighted by Gasteiger charge is -1.91. The van der Waals surface area contributed by atoms with Gasteiger partial charge >= 0.3 is 0 Å². The van der Waals surface area contributed by atoms with Crippen molar-refractivity contribution < 1.29 is 9.15 Å². The number of methoxy groups -OCH3 is 1. The lowest BCUT2D eigenvalue weighted by molar-refractivity contribution is 0.176. The van der Waals surface area contributed by atoms with Gasteiger partial charge in [0.25, 0.3) is 0 Å². The fourth-order valence-electron chi connectivity index (χ4n) is 1.50. The average Bonchev–Trinajstić information content (AvgIpc) is 3.04. The summed E-state index contributed by atoms with van der Waals surface area (Å²) in [6.45, 7) is 0.395. The van der Waals surface area contributed by atoms with E-state index in [-0.39, 0.29) is 0 Å². The lowest BCUT2D eigenvalue weighted by atomic mass is 10.4. The van der Waals surface area contributed by atoms with E-state index >= 15 is 0 Å². The van der Waals surface area contributed by atoms with Gasteiger partial charge in [-0.3, -0.25) is 0 Å². The van der Waals surface area contributed by atoms with E-state index < -0.39 is 0 Å². The van der Waals surface area contributed by atoms with Crippen LogP contribution in [0.2, 0.25) is 0 Å². The Balaban J connectivity index is 1.89. The van der Waals surface area contributed by atoms with E-state index in [1.54, 1.807) is 17.9 Å². The molecule has 0 atom stereocenters. The normalized spacial score (nSPS) is 11.8. The maximum Gasteiger partial charge on any atom is 0.235 e. The number of fused-ring (bicyclic) bond motifs is 1. The van der Waals surface area contributed by atoms with E-state index in [9.17, 15) is 0 Å². The maximum atomic E-state index is 5.21. The average molecular weight is 262 g/mol. The van der Waals surface area contributed by atoms with E-state index in [0.29, 0.717) is 12.4 Å². The molecule has 0 N–H and O–H groups in total. The van der Waals surface area contributed by atoms with Crippen LogP contribution in [0.25, 0.3) is 17.1 Å². The Bertz CT molecular complexity index is 668. The highest BCUT2D eigenvalue weighted by Crippen LogP contribution is 2.17. The van der Waals surface area contributed by atoms with Crippen molar-refractivity contribution in [2.45, 2.75) is 6.61 Å². The van der Waals surface area contributed by atoms with Gasteiger partial charge in [-0.2, -0.15) is 9.61 Å². The molecule has 0 aliphatic carbocycles. The van der Waals surface area contributed by atoms with Crippen molar-refractivity contribution in [3.8, 4) is 0 Å². The van der Waals surface area contributed by atoms with Crippen LogP contribution in [0.4, 0.5) is 0 Å². The second kappa shape index (κ2) is 4.71. The lowest BCUT2D eigenvalue weighted by Crippen LogP contribution is -1.97. The van der Waals surface area contributed by atoms with Gasteiger partial charge < -0.3 is 9.15 Å². The fourth-order valence-corrected chi connectivity index (χ4v) is 2.26. The molecule has 0 unspecified atom stereocenters. The predicted octanol–water partition coefficient (Wildman–Crippen LogP) is 2.10. The first-order valence-electron chi connectivity index (χ1n) is 5.28. The summed E-state index contributed by atoms with van der Waals surface area (Å²) in [6.07, 6.45) is 5.38. The molecule has 0 bridgehead atoms. The summed E-state index contributed by atoms with van der Waals surface area (Å²) in [4.78, 5) is 0.751. The second-order valence-corrected chi connectivity index (χ2v) is 4.52. The number of aromatic nitrogens is 4. The third-order valence-corrected chi connectivity index (χ3v) is 3.14. The molecule has 0 saturated carbocycles. The Morgan fingerprint density at radius 3 is 3.17 bits per heavy atom. The van der Waals surface area contributed by atoms with Crippen LogP contribution in [0, 0.1) is 0 Å². The van der Waals surface area contributed by atoms with E-state index in [1.165, 1.54) is 11.3 Å². The van der Waals surface area contributed by atoms with Crippen molar-refractivity contribution >= 4 is 28.4 Å². The summed E-state index contributed by atoms with van der Waals surface area (Å²) >= 11 is 1.46. The Morgan fingerprint density at radius 2 is 2.39 bits per heavy atom. The van der Waals surface area contributed by atoms with Gasteiger partial charge in [0, 0.05) is 7.11 Å². The van der Waals surface area contributed by atoms with Gasteiger partial charge in [-0.05, 0) is 24.3 Å². The van der Waals surface area contributed by atoms with Crippen molar-refractivity contribution in [2.24, 2.45) is 0 Å². The number of hydrogen-bond donors (Lipinski definition) is 0. The molecule has 0 aliphatic heterocycles. The molecular formula is C11H10N4O2S. The first kappa shape index (κ1) is 11.1. The van der Waals surface area contributed by atoms with Gasteiger partial charge in [0.1, 0.15) is 17.4 Å². The minimum absolute atomic E-state index is 0.395. The molecule has 7 heteroatoms. The van der Waals surface area contributed by atoms with E-state index in [4.69, 9.17) is 9.15 Å². The molecular weight excluding hydrogens is 252 g/mol. The van der Waals surface area contributed by atoms with Crippen LogP contribution in [-0.4, -0.2) is 26.9 Å². The monoisotopic (exact) mass is 262 g/mol. The molecule has 3 aromatic heterocycles. The van der Waals surface area contributed by atoms with Crippen LogP contribution >= 0.6 is 11.3 Å². The molecule has 3 aromatic rings. The standard InChI is InChI=1S/C11H10N4O2S/c1-16-7-9-12-13-11-15(9)14-10(18-11)5-4-8-3-2-6-17-8/h2-6H,7H2,1H3. The molecule has 0 spiro atoms. The van der Waals surface area contributed by atoms with Crippen LogP contribution in [-0.2, 0) is 11.3 Å². The molecule has 0 fully saturated rings. The molecule has 0 aromatic carbocycles. The summed E-state index contributed by atoms with van der Waals surface area (Å²) in [5.74, 6) is 1.49. The largest absolute Gasteiger partial charge is 0.465 e. The Hall–Kier alpha value is -1.99. The van der Waals surface area contributed by atoms with Crippen molar-refractivity contribution in [2.75, 3.05) is 7.11 Å². The van der Waals surface area contributed by atoms with Gasteiger partial charge in [-0.1, -0.05) is 11.3 Å². The molecule has 92 valence electrons. The van der Waals surface area contributed by atoms with Gasteiger partial charge in [0.05, 0.1) is 6.26 Å². The zero-order valence-electron chi connectivity index (χ0n) is 9.61. The van der Waals surface area contributed by atoms with Gasteiger partial charge in [0.2, 0.25) is 4.96 Å². The zero-order valence-corrected chi connectivity index (χ0v) is 10.4. The Morgan fingerprint density at radius 1 is 1.44 bits per heavy atom. The third-order valence-electron chi connectivity index (χ3n) is 2.28. The van der Waals surface area contributed by atoms with Gasteiger partial charge in [-0.25, -0.2) is 0 Å². The van der Waals surface area contributed by atoms with Crippen molar-refractivity contribution in [3.05, 3.63) is 35.0 Å². The van der Waals surface area contributed by atoms with Gasteiger partial charge in [0.15, 0.2) is 5.82 Å². The number of furan rings is 1. The fraction of sp³-hybridized carbons (Fsp3) is 0.182. The minimum atomic E-state index is 0.395. The minimum Gasteiger partial charge on any atom is -0.465 e. The third kappa shape index (κ3) is 2.05. The van der Waals surface area contributed by atoms with Crippen molar-refractivity contribution in [3.63, 3.8) is 0 Å².